The van der Waals surface area contributed by atoms with Crippen LogP contribution in [-0.2, 0) is 16.6 Å². The largest absolute Gasteiger partial charge is 0.355 e. The van der Waals surface area contributed by atoms with Crippen molar-refractivity contribution in [1.29, 1.82) is 0 Å². The molecular weight excluding hydrogens is 470 g/mol. The van der Waals surface area contributed by atoms with Crippen LogP contribution in [0.25, 0.3) is 0 Å². The summed E-state index contributed by atoms with van der Waals surface area (Å²) in [6.07, 6.45) is 3.42. The number of hydrogen-bond acceptors (Lipinski definition) is 3. The highest BCUT2D eigenvalue weighted by molar-refractivity contribution is 14.0. The van der Waals surface area contributed by atoms with E-state index in [1.165, 1.54) is 18.6 Å². The van der Waals surface area contributed by atoms with Crippen LogP contribution < -0.4 is 10.0 Å². The van der Waals surface area contributed by atoms with E-state index in [1.54, 1.807) is 19.2 Å². The minimum absolute atomic E-state index is 0. The summed E-state index contributed by atoms with van der Waals surface area (Å²) in [6.45, 7) is 1.37. The predicted molar refractivity (Wildman–Crippen MR) is 114 cm³/mol. The highest BCUT2D eigenvalue weighted by atomic mass is 127. The van der Waals surface area contributed by atoms with Crippen molar-refractivity contribution in [2.24, 2.45) is 10.9 Å². The van der Waals surface area contributed by atoms with Gasteiger partial charge in [-0.05, 0) is 36.5 Å². The fourth-order valence-electron chi connectivity index (χ4n) is 2.63. The van der Waals surface area contributed by atoms with Gasteiger partial charge in [-0.25, -0.2) is 17.5 Å². The van der Waals surface area contributed by atoms with E-state index >= 15 is 0 Å². The number of hydrogen-bond donors (Lipinski definition) is 2. The summed E-state index contributed by atoms with van der Waals surface area (Å²) in [5.41, 5.74) is 0.946. The molecule has 0 aromatic heterocycles. The Hall–Kier alpha value is -0.940. The Balaban J connectivity index is 0.00000338. The lowest BCUT2D eigenvalue weighted by Crippen LogP contribution is -2.42. The molecule has 1 saturated carbocycles. The lowest BCUT2D eigenvalue weighted by Gasteiger charge is -2.25. The maximum Gasteiger partial charge on any atom is 0.213 e. The van der Waals surface area contributed by atoms with Crippen LogP contribution in [0.15, 0.2) is 29.3 Å². The van der Waals surface area contributed by atoms with E-state index in [1.807, 2.05) is 11.9 Å². The molecule has 0 bridgehead atoms. The van der Waals surface area contributed by atoms with Gasteiger partial charge in [0.15, 0.2) is 5.96 Å². The molecule has 0 saturated heterocycles. The molecule has 0 spiro atoms. The Morgan fingerprint density at radius 2 is 1.96 bits per heavy atom. The summed E-state index contributed by atoms with van der Waals surface area (Å²) in [5, 5.41) is 3.06. The second-order valence-corrected chi connectivity index (χ2v) is 8.35. The van der Waals surface area contributed by atoms with Crippen LogP contribution in [0.4, 0.5) is 4.39 Å². The van der Waals surface area contributed by atoms with Crippen LogP contribution in [-0.4, -0.2) is 52.2 Å². The number of nitrogens with zero attached hydrogens (tertiary/aromatic N) is 2. The molecule has 2 N–H and O–H groups in total. The van der Waals surface area contributed by atoms with Crippen molar-refractivity contribution in [2.75, 3.05) is 32.9 Å². The van der Waals surface area contributed by atoms with Gasteiger partial charge in [-0.2, -0.15) is 0 Å². The first-order valence-corrected chi connectivity index (χ1v) is 10.2. The van der Waals surface area contributed by atoms with Gasteiger partial charge >= 0.3 is 0 Å². The molecule has 1 fully saturated rings. The Morgan fingerprint density at radius 3 is 2.50 bits per heavy atom. The Labute approximate surface area is 172 Å². The van der Waals surface area contributed by atoms with E-state index in [0.29, 0.717) is 25.0 Å². The summed E-state index contributed by atoms with van der Waals surface area (Å²) in [5.74, 6) is 0.827. The molecule has 1 aliphatic carbocycles. The van der Waals surface area contributed by atoms with Crippen molar-refractivity contribution in [3.8, 4) is 0 Å². The van der Waals surface area contributed by atoms with E-state index in [9.17, 15) is 12.8 Å². The average molecular weight is 498 g/mol. The van der Waals surface area contributed by atoms with Crippen molar-refractivity contribution in [2.45, 2.75) is 25.8 Å². The van der Waals surface area contributed by atoms with Crippen molar-refractivity contribution in [3.05, 3.63) is 35.6 Å². The van der Waals surface area contributed by atoms with Crippen molar-refractivity contribution in [1.82, 2.24) is 14.9 Å². The van der Waals surface area contributed by atoms with E-state index in [4.69, 9.17) is 0 Å². The topological polar surface area (TPSA) is 73.8 Å². The second kappa shape index (κ2) is 11.0. The van der Waals surface area contributed by atoms with Gasteiger partial charge in [0.25, 0.3) is 0 Å². The molecular formula is C17H28FIN4O2S. The summed E-state index contributed by atoms with van der Waals surface area (Å²) in [7, 11) is 0.221. The second-order valence-electron chi connectivity index (χ2n) is 6.42. The van der Waals surface area contributed by atoms with Crippen LogP contribution in [0.1, 0.15) is 24.8 Å². The third-order valence-electron chi connectivity index (χ3n) is 4.38. The lowest BCUT2D eigenvalue weighted by atomic mass is 9.86. The van der Waals surface area contributed by atoms with Crippen molar-refractivity contribution in [3.63, 3.8) is 0 Å². The van der Waals surface area contributed by atoms with E-state index in [2.05, 4.69) is 15.0 Å². The quantitative estimate of drug-likeness (QED) is 0.328. The maximum atomic E-state index is 13.0. The molecule has 1 aromatic rings. The first-order valence-electron chi connectivity index (χ1n) is 8.53. The Morgan fingerprint density at radius 1 is 1.31 bits per heavy atom. The zero-order chi connectivity index (χ0) is 18.3. The molecule has 0 unspecified atom stereocenters. The summed E-state index contributed by atoms with van der Waals surface area (Å²) < 4.78 is 39.6. The van der Waals surface area contributed by atoms with Gasteiger partial charge in [0.1, 0.15) is 5.82 Å². The monoisotopic (exact) mass is 498 g/mol. The predicted octanol–water partition coefficient (Wildman–Crippen LogP) is 2.17. The third-order valence-corrected chi connectivity index (χ3v) is 5.73. The molecule has 6 nitrogen and oxygen atoms in total. The van der Waals surface area contributed by atoms with Gasteiger partial charge in [-0.3, -0.25) is 4.99 Å². The molecule has 0 atom stereocenters. The molecule has 1 aromatic carbocycles. The first-order chi connectivity index (χ1) is 11.9. The smallest absolute Gasteiger partial charge is 0.213 e. The fourth-order valence-corrected chi connectivity index (χ4v) is 3.64. The lowest BCUT2D eigenvalue weighted by molar-refractivity contribution is 0.316. The molecule has 2 rings (SSSR count). The minimum atomic E-state index is -3.27. The molecule has 148 valence electrons. The first kappa shape index (κ1) is 23.1. The number of aliphatic imine (C=N–C) groups is 1. The van der Waals surface area contributed by atoms with Crippen LogP contribution in [0.3, 0.4) is 0 Å². The number of rotatable bonds is 8. The fraction of sp³-hybridized carbons (Fsp3) is 0.588. The molecule has 9 heteroatoms. The zero-order valence-electron chi connectivity index (χ0n) is 15.2. The van der Waals surface area contributed by atoms with Gasteiger partial charge in [-0.1, -0.05) is 18.6 Å². The Kier molecular flexibility index (Phi) is 9.80. The molecule has 0 amide bonds. The van der Waals surface area contributed by atoms with Crippen LogP contribution >= 0.6 is 24.0 Å². The summed E-state index contributed by atoms with van der Waals surface area (Å²) >= 11 is 0. The van der Waals surface area contributed by atoms with E-state index in [0.717, 1.165) is 18.4 Å². The highest BCUT2D eigenvalue weighted by Crippen LogP contribution is 2.25. The highest BCUT2D eigenvalue weighted by Gasteiger charge is 2.20. The number of guanidine groups is 1. The van der Waals surface area contributed by atoms with Gasteiger partial charge in [0.05, 0.1) is 5.75 Å². The third kappa shape index (κ3) is 7.75. The van der Waals surface area contributed by atoms with Crippen LogP contribution in [0, 0.1) is 11.7 Å². The number of benzene rings is 1. The van der Waals surface area contributed by atoms with Crippen molar-refractivity contribution < 1.29 is 12.8 Å². The minimum Gasteiger partial charge on any atom is -0.355 e. The normalized spacial score (nSPS) is 15.1. The van der Waals surface area contributed by atoms with Gasteiger partial charge in [-0.15, -0.1) is 24.0 Å². The average Bonchev–Trinajstić information content (AvgIpc) is 2.52. The van der Waals surface area contributed by atoms with Crippen molar-refractivity contribution >= 4 is 40.0 Å². The molecule has 1 aliphatic rings. The van der Waals surface area contributed by atoms with E-state index < -0.39 is 10.0 Å². The van der Waals surface area contributed by atoms with E-state index in [-0.39, 0.29) is 42.1 Å². The van der Waals surface area contributed by atoms with Gasteiger partial charge in [0.2, 0.25) is 10.0 Å². The molecule has 26 heavy (non-hydrogen) atoms. The summed E-state index contributed by atoms with van der Waals surface area (Å²) in [6, 6.07) is 6.27. The van der Waals surface area contributed by atoms with Gasteiger partial charge < -0.3 is 10.2 Å². The molecule has 0 aliphatic heterocycles. The Bertz CT molecular complexity index is 679. The number of sulfonamides is 1. The van der Waals surface area contributed by atoms with Gasteiger partial charge in [0, 0.05) is 33.7 Å². The summed E-state index contributed by atoms with van der Waals surface area (Å²) in [4.78, 5) is 6.02. The molecule has 0 radical (unpaired) electrons. The maximum absolute atomic E-state index is 13.0. The van der Waals surface area contributed by atoms with Crippen LogP contribution in [0.5, 0.6) is 0 Å². The number of halogens is 2. The number of nitrogens with one attached hydrogen (secondary N) is 2. The zero-order valence-corrected chi connectivity index (χ0v) is 18.4. The standard InChI is InChI=1S/C17H27FN4O2S.HI/c1-19-17(22(2)13-15-6-8-16(18)9-7-15)20-10-11-25(23,24)21-12-14-4-3-5-14;/h6-9,14,21H,3-5,10-13H2,1-2H3,(H,19,20);1H. The van der Waals surface area contributed by atoms with Crippen LogP contribution in [0.2, 0.25) is 0 Å². The molecule has 0 heterocycles. The SMILES string of the molecule is CN=C(NCCS(=O)(=O)NCC1CCC1)N(C)Cc1ccc(F)cc1.I.